The van der Waals surface area contributed by atoms with Crippen LogP contribution in [-0.4, -0.2) is 45.8 Å². The number of aromatic nitrogens is 3. The number of carbonyl (C=O) groups excluding carboxylic acids is 1. The summed E-state index contributed by atoms with van der Waals surface area (Å²) in [4.78, 5) is 17.0. The van der Waals surface area contributed by atoms with E-state index in [1.807, 2.05) is 25.1 Å². The van der Waals surface area contributed by atoms with E-state index in [2.05, 4.69) is 20.7 Å². The molecule has 7 nitrogen and oxygen atoms in total. The van der Waals surface area contributed by atoms with Crippen molar-refractivity contribution >= 4 is 28.8 Å². The third-order valence-corrected chi connectivity index (χ3v) is 5.85. The van der Waals surface area contributed by atoms with Crippen LogP contribution in [0.25, 0.3) is 16.9 Å². The Balaban J connectivity index is 1.44. The number of fused-ring (bicyclic) bond motifs is 1. The normalized spacial score (nSPS) is 18.7. The van der Waals surface area contributed by atoms with Gasteiger partial charge in [0.15, 0.2) is 10.8 Å². The minimum Gasteiger partial charge on any atom is -0.379 e. The SMILES string of the molecule is Cc1cc(-c2cnc3c(NC[C@@H]4CCCO4)cc(Cl)nn23)ccc1C(=O)NC1CC1. The van der Waals surface area contributed by atoms with Crippen molar-refractivity contribution in [2.45, 2.75) is 44.8 Å². The van der Waals surface area contributed by atoms with Crippen LogP contribution in [0.3, 0.4) is 0 Å². The van der Waals surface area contributed by atoms with Crippen LogP contribution in [0.4, 0.5) is 5.69 Å². The molecule has 1 saturated heterocycles. The van der Waals surface area contributed by atoms with Gasteiger partial charge in [0.25, 0.3) is 5.91 Å². The van der Waals surface area contributed by atoms with E-state index >= 15 is 0 Å². The summed E-state index contributed by atoms with van der Waals surface area (Å²) in [5.41, 5.74) is 4.91. The van der Waals surface area contributed by atoms with Gasteiger partial charge < -0.3 is 15.4 Å². The van der Waals surface area contributed by atoms with Crippen LogP contribution in [0.1, 0.15) is 41.6 Å². The van der Waals surface area contributed by atoms with E-state index in [1.165, 1.54) is 0 Å². The van der Waals surface area contributed by atoms with E-state index in [0.717, 1.165) is 54.8 Å². The van der Waals surface area contributed by atoms with E-state index in [9.17, 15) is 4.79 Å². The van der Waals surface area contributed by atoms with E-state index in [0.29, 0.717) is 29.0 Å². The van der Waals surface area contributed by atoms with Crippen LogP contribution in [0, 0.1) is 6.92 Å². The van der Waals surface area contributed by atoms with E-state index in [4.69, 9.17) is 16.3 Å². The molecule has 156 valence electrons. The molecule has 0 unspecified atom stereocenters. The van der Waals surface area contributed by atoms with Gasteiger partial charge in [-0.2, -0.15) is 5.10 Å². The second-order valence-electron chi connectivity index (χ2n) is 8.05. The number of imidazole rings is 1. The molecule has 1 aliphatic carbocycles. The fourth-order valence-electron chi connectivity index (χ4n) is 3.86. The number of aryl methyl sites for hydroxylation is 1. The summed E-state index contributed by atoms with van der Waals surface area (Å²) >= 11 is 6.30. The Hall–Kier alpha value is -2.64. The highest BCUT2D eigenvalue weighted by Gasteiger charge is 2.24. The molecule has 1 amide bonds. The van der Waals surface area contributed by atoms with Crippen LogP contribution in [0.5, 0.6) is 0 Å². The van der Waals surface area contributed by atoms with E-state index in [-0.39, 0.29) is 12.0 Å². The van der Waals surface area contributed by atoms with Crippen LogP contribution >= 0.6 is 11.6 Å². The van der Waals surface area contributed by atoms with Crippen molar-refractivity contribution in [3.63, 3.8) is 0 Å². The van der Waals surface area contributed by atoms with Crippen LogP contribution in [-0.2, 0) is 4.74 Å². The lowest BCUT2D eigenvalue weighted by Gasteiger charge is -2.13. The highest BCUT2D eigenvalue weighted by molar-refractivity contribution is 6.29. The van der Waals surface area contributed by atoms with Gasteiger partial charge in [0.2, 0.25) is 0 Å². The van der Waals surface area contributed by atoms with Crippen molar-refractivity contribution in [1.29, 1.82) is 0 Å². The van der Waals surface area contributed by atoms with Crippen molar-refractivity contribution < 1.29 is 9.53 Å². The summed E-state index contributed by atoms with van der Waals surface area (Å²) in [6.07, 6.45) is 6.29. The molecule has 1 aliphatic heterocycles. The van der Waals surface area contributed by atoms with Crippen LogP contribution in [0.2, 0.25) is 5.15 Å². The Morgan fingerprint density at radius 3 is 2.90 bits per heavy atom. The van der Waals surface area contributed by atoms with Gasteiger partial charge in [-0.3, -0.25) is 4.79 Å². The number of amides is 1. The number of benzene rings is 1. The quantitative estimate of drug-likeness (QED) is 0.627. The molecule has 3 aromatic rings. The zero-order chi connectivity index (χ0) is 20.7. The van der Waals surface area contributed by atoms with Crippen molar-refractivity contribution in [3.05, 3.63) is 46.7 Å². The second kappa shape index (κ2) is 7.89. The van der Waals surface area contributed by atoms with Crippen molar-refractivity contribution in [2.24, 2.45) is 0 Å². The molecule has 1 aromatic carbocycles. The molecule has 2 aromatic heterocycles. The topological polar surface area (TPSA) is 80.6 Å². The predicted octanol–water partition coefficient (Wildman–Crippen LogP) is 3.84. The summed E-state index contributed by atoms with van der Waals surface area (Å²) in [5, 5.41) is 11.3. The number of hydrogen-bond donors (Lipinski definition) is 2. The van der Waals surface area contributed by atoms with Crippen LogP contribution in [0.15, 0.2) is 30.5 Å². The first-order valence-corrected chi connectivity index (χ1v) is 10.8. The van der Waals surface area contributed by atoms with Gasteiger partial charge in [-0.25, -0.2) is 9.50 Å². The first-order valence-electron chi connectivity index (χ1n) is 10.4. The summed E-state index contributed by atoms with van der Waals surface area (Å²) in [6.45, 7) is 3.48. The Bertz CT molecular complexity index is 1100. The average molecular weight is 426 g/mol. The number of carbonyl (C=O) groups is 1. The smallest absolute Gasteiger partial charge is 0.251 e. The van der Waals surface area contributed by atoms with Crippen molar-refractivity contribution in [1.82, 2.24) is 19.9 Å². The summed E-state index contributed by atoms with van der Waals surface area (Å²) in [6, 6.07) is 7.91. The zero-order valence-electron chi connectivity index (χ0n) is 16.8. The van der Waals surface area contributed by atoms with Gasteiger partial charge in [0.1, 0.15) is 0 Å². The highest BCUT2D eigenvalue weighted by Crippen LogP contribution is 2.28. The number of nitrogens with one attached hydrogen (secondary N) is 2. The minimum atomic E-state index is -0.0125. The van der Waals surface area contributed by atoms with Gasteiger partial charge in [0, 0.05) is 36.4 Å². The molecule has 1 saturated carbocycles. The number of nitrogens with zero attached hydrogens (tertiary/aromatic N) is 3. The highest BCUT2D eigenvalue weighted by atomic mass is 35.5. The number of ether oxygens (including phenoxy) is 1. The third-order valence-electron chi connectivity index (χ3n) is 5.66. The lowest BCUT2D eigenvalue weighted by Crippen LogP contribution is -2.26. The Morgan fingerprint density at radius 1 is 1.30 bits per heavy atom. The van der Waals surface area contributed by atoms with Crippen LogP contribution < -0.4 is 10.6 Å². The summed E-state index contributed by atoms with van der Waals surface area (Å²) < 4.78 is 7.44. The van der Waals surface area contributed by atoms with Gasteiger partial charge in [-0.1, -0.05) is 17.7 Å². The van der Waals surface area contributed by atoms with Gasteiger partial charge >= 0.3 is 0 Å². The molecule has 30 heavy (non-hydrogen) atoms. The van der Waals surface area contributed by atoms with E-state index < -0.39 is 0 Å². The average Bonchev–Trinajstić information content (AvgIpc) is 3.21. The molecule has 0 radical (unpaired) electrons. The summed E-state index contributed by atoms with van der Waals surface area (Å²) in [5.74, 6) is -0.0125. The Morgan fingerprint density at radius 2 is 2.17 bits per heavy atom. The number of rotatable bonds is 6. The Labute approximate surface area is 179 Å². The maximum atomic E-state index is 12.4. The monoisotopic (exact) mass is 425 g/mol. The van der Waals surface area contributed by atoms with Gasteiger partial charge in [-0.05, 0) is 50.3 Å². The molecule has 1 atom stereocenters. The number of anilines is 1. The molecule has 0 spiro atoms. The molecule has 0 bridgehead atoms. The van der Waals surface area contributed by atoms with Crippen molar-refractivity contribution in [3.8, 4) is 11.3 Å². The third kappa shape index (κ3) is 3.87. The fourth-order valence-corrected chi connectivity index (χ4v) is 4.05. The first-order chi connectivity index (χ1) is 14.6. The molecule has 2 N–H and O–H groups in total. The molecular weight excluding hydrogens is 402 g/mol. The standard InChI is InChI=1S/C22H24ClN5O2/c1-13-9-14(4-7-17(13)22(29)26-15-5-6-15)19-12-25-21-18(10-20(23)27-28(19)21)24-11-16-3-2-8-30-16/h4,7,9-10,12,15-16,24H,2-3,5-6,8,11H2,1H3,(H,26,29)/t16-/m0/s1. The molecule has 3 heterocycles. The first kappa shape index (κ1) is 19.3. The molecule has 2 aliphatic rings. The van der Waals surface area contributed by atoms with Gasteiger partial charge in [0.05, 0.1) is 23.7 Å². The lowest BCUT2D eigenvalue weighted by molar-refractivity contribution is 0.0950. The lowest BCUT2D eigenvalue weighted by atomic mass is 10.0. The maximum Gasteiger partial charge on any atom is 0.251 e. The van der Waals surface area contributed by atoms with Crippen molar-refractivity contribution in [2.75, 3.05) is 18.5 Å². The molecule has 5 rings (SSSR count). The molecule has 8 heteroatoms. The number of halogens is 1. The van der Waals surface area contributed by atoms with Gasteiger partial charge in [-0.15, -0.1) is 0 Å². The number of hydrogen-bond acceptors (Lipinski definition) is 5. The minimum absolute atomic E-state index is 0.0125. The Kier molecular flexibility index (Phi) is 5.08. The maximum absolute atomic E-state index is 12.4. The largest absolute Gasteiger partial charge is 0.379 e. The second-order valence-corrected chi connectivity index (χ2v) is 8.44. The zero-order valence-corrected chi connectivity index (χ0v) is 17.6. The molecular formula is C22H24ClN5O2. The summed E-state index contributed by atoms with van der Waals surface area (Å²) in [7, 11) is 0. The predicted molar refractivity (Wildman–Crippen MR) is 116 cm³/mol. The van der Waals surface area contributed by atoms with E-state index in [1.54, 1.807) is 16.8 Å². The molecule has 2 fully saturated rings. The fraction of sp³-hybridized carbons (Fsp3) is 0.409.